The van der Waals surface area contributed by atoms with Crippen molar-refractivity contribution >= 4 is 22.5 Å². The molecule has 1 saturated heterocycles. The smallest absolute Gasteiger partial charge is 0.270 e. The first kappa shape index (κ1) is 20.3. The van der Waals surface area contributed by atoms with Crippen molar-refractivity contribution in [2.24, 2.45) is 0 Å². The number of piperazine rings is 1. The van der Waals surface area contributed by atoms with E-state index in [1.54, 1.807) is 7.11 Å². The first-order chi connectivity index (χ1) is 14.7. The maximum atomic E-state index is 13.6. The standard InChI is InChI=1S/C25H31N3O2/c1-4-5-14-28-21-11-7-6-10-20(21)19(2)24(28)25(29)27-17-15-26(16-18-27)22-12-8-9-13-23(22)30-3/h6-13H,4-5,14-18H2,1-3H3. The van der Waals surface area contributed by atoms with E-state index in [1.807, 2.05) is 23.1 Å². The van der Waals surface area contributed by atoms with Crippen molar-refractivity contribution in [2.75, 3.05) is 38.2 Å². The molecule has 0 atom stereocenters. The fourth-order valence-electron chi connectivity index (χ4n) is 4.49. The molecule has 0 radical (unpaired) electrons. The van der Waals surface area contributed by atoms with E-state index in [2.05, 4.69) is 53.6 Å². The number of carbonyl (C=O) groups excluding carboxylic acids is 1. The Morgan fingerprint density at radius 1 is 1.00 bits per heavy atom. The molecule has 0 aliphatic carbocycles. The Bertz CT molecular complexity index is 1030. The summed E-state index contributed by atoms with van der Waals surface area (Å²) >= 11 is 0. The van der Waals surface area contributed by atoms with Crippen LogP contribution in [0.2, 0.25) is 0 Å². The predicted molar refractivity (Wildman–Crippen MR) is 123 cm³/mol. The van der Waals surface area contributed by atoms with Crippen molar-refractivity contribution in [1.29, 1.82) is 0 Å². The number of aryl methyl sites for hydroxylation is 2. The molecule has 1 amide bonds. The van der Waals surface area contributed by atoms with Crippen molar-refractivity contribution in [1.82, 2.24) is 9.47 Å². The van der Waals surface area contributed by atoms with E-state index in [0.29, 0.717) is 13.1 Å². The number of ether oxygens (including phenoxy) is 1. The molecule has 1 aliphatic heterocycles. The summed E-state index contributed by atoms with van der Waals surface area (Å²) < 4.78 is 7.76. The van der Waals surface area contributed by atoms with Crippen LogP contribution < -0.4 is 9.64 Å². The van der Waals surface area contributed by atoms with E-state index >= 15 is 0 Å². The maximum absolute atomic E-state index is 13.6. The van der Waals surface area contributed by atoms with E-state index in [9.17, 15) is 4.79 Å². The molecule has 2 aromatic carbocycles. The third-order valence-corrected chi connectivity index (χ3v) is 6.15. The molecular formula is C25H31N3O2. The van der Waals surface area contributed by atoms with Crippen LogP contribution >= 0.6 is 0 Å². The molecule has 158 valence electrons. The third-order valence-electron chi connectivity index (χ3n) is 6.15. The molecule has 3 aromatic rings. The minimum absolute atomic E-state index is 0.152. The Hall–Kier alpha value is -2.95. The molecule has 1 fully saturated rings. The quantitative estimate of drug-likeness (QED) is 0.595. The summed E-state index contributed by atoms with van der Waals surface area (Å²) in [6.45, 7) is 8.20. The van der Waals surface area contributed by atoms with Gasteiger partial charge in [0.25, 0.3) is 5.91 Å². The fraction of sp³-hybridized carbons (Fsp3) is 0.400. The number of carbonyl (C=O) groups is 1. The van der Waals surface area contributed by atoms with Crippen LogP contribution in [0.15, 0.2) is 48.5 Å². The molecule has 1 aliphatic rings. The lowest BCUT2D eigenvalue weighted by Gasteiger charge is -2.36. The number of hydrogen-bond donors (Lipinski definition) is 0. The Balaban J connectivity index is 1.57. The highest BCUT2D eigenvalue weighted by Crippen LogP contribution is 2.30. The second-order valence-corrected chi connectivity index (χ2v) is 7.95. The largest absolute Gasteiger partial charge is 0.495 e. The summed E-state index contributed by atoms with van der Waals surface area (Å²) in [5.74, 6) is 1.03. The molecule has 2 heterocycles. The van der Waals surface area contributed by atoms with E-state index in [0.717, 1.165) is 55.2 Å². The average Bonchev–Trinajstić information content (AvgIpc) is 3.09. The summed E-state index contributed by atoms with van der Waals surface area (Å²) in [7, 11) is 1.70. The maximum Gasteiger partial charge on any atom is 0.270 e. The second-order valence-electron chi connectivity index (χ2n) is 7.95. The minimum Gasteiger partial charge on any atom is -0.495 e. The highest BCUT2D eigenvalue weighted by atomic mass is 16.5. The minimum atomic E-state index is 0.152. The first-order valence-corrected chi connectivity index (χ1v) is 10.9. The van der Waals surface area contributed by atoms with Gasteiger partial charge < -0.3 is 19.1 Å². The third kappa shape index (κ3) is 3.64. The topological polar surface area (TPSA) is 37.7 Å². The Morgan fingerprint density at radius 3 is 2.43 bits per heavy atom. The number of rotatable bonds is 6. The van der Waals surface area contributed by atoms with Crippen molar-refractivity contribution in [3.63, 3.8) is 0 Å². The van der Waals surface area contributed by atoms with Crippen molar-refractivity contribution in [2.45, 2.75) is 33.2 Å². The lowest BCUT2D eigenvalue weighted by Crippen LogP contribution is -2.49. The number of nitrogens with zero attached hydrogens (tertiary/aromatic N) is 3. The number of fused-ring (bicyclic) bond motifs is 1. The van der Waals surface area contributed by atoms with Crippen molar-refractivity contribution < 1.29 is 9.53 Å². The molecule has 1 aromatic heterocycles. The van der Waals surface area contributed by atoms with Gasteiger partial charge in [-0.05, 0) is 37.1 Å². The van der Waals surface area contributed by atoms with Crippen LogP contribution in [0.3, 0.4) is 0 Å². The molecule has 0 bridgehead atoms. The summed E-state index contributed by atoms with van der Waals surface area (Å²) in [6, 6.07) is 16.5. The Labute approximate surface area is 178 Å². The van der Waals surface area contributed by atoms with Crippen LogP contribution in [0.5, 0.6) is 5.75 Å². The van der Waals surface area contributed by atoms with Crippen LogP contribution in [-0.4, -0.2) is 48.7 Å². The predicted octanol–water partition coefficient (Wildman–Crippen LogP) is 4.72. The monoisotopic (exact) mass is 405 g/mol. The molecule has 4 rings (SSSR count). The molecular weight excluding hydrogens is 374 g/mol. The van der Waals surface area contributed by atoms with Crippen LogP contribution in [0.1, 0.15) is 35.8 Å². The van der Waals surface area contributed by atoms with Crippen LogP contribution in [-0.2, 0) is 6.54 Å². The number of unbranched alkanes of at least 4 members (excludes halogenated alkanes) is 1. The van der Waals surface area contributed by atoms with Gasteiger partial charge in [-0.15, -0.1) is 0 Å². The molecule has 0 unspecified atom stereocenters. The lowest BCUT2D eigenvalue weighted by atomic mass is 10.1. The van der Waals surface area contributed by atoms with Crippen molar-refractivity contribution in [3.05, 3.63) is 59.8 Å². The van der Waals surface area contributed by atoms with Gasteiger partial charge in [0.05, 0.1) is 12.8 Å². The zero-order valence-electron chi connectivity index (χ0n) is 18.2. The normalized spacial score (nSPS) is 14.4. The van der Waals surface area contributed by atoms with Gasteiger partial charge in [0.2, 0.25) is 0 Å². The molecule has 0 saturated carbocycles. The van der Waals surface area contributed by atoms with Crippen molar-refractivity contribution in [3.8, 4) is 5.75 Å². The Morgan fingerprint density at radius 2 is 1.70 bits per heavy atom. The highest BCUT2D eigenvalue weighted by Gasteiger charge is 2.28. The average molecular weight is 406 g/mol. The summed E-state index contributed by atoms with van der Waals surface area (Å²) in [5, 5.41) is 1.18. The number of methoxy groups -OCH3 is 1. The SMILES string of the molecule is CCCCn1c(C(=O)N2CCN(c3ccccc3OC)CC2)c(C)c2ccccc21. The Kier molecular flexibility index (Phi) is 5.98. The summed E-state index contributed by atoms with van der Waals surface area (Å²) in [4.78, 5) is 17.9. The van der Waals surface area contributed by atoms with E-state index in [4.69, 9.17) is 4.74 Å². The first-order valence-electron chi connectivity index (χ1n) is 10.9. The van der Waals surface area contributed by atoms with E-state index in [1.165, 1.54) is 10.9 Å². The number of anilines is 1. The van der Waals surface area contributed by atoms with Gasteiger partial charge in [0.1, 0.15) is 11.4 Å². The van der Waals surface area contributed by atoms with Gasteiger partial charge in [0, 0.05) is 43.6 Å². The number of amides is 1. The van der Waals surface area contributed by atoms with Gasteiger partial charge in [0.15, 0.2) is 0 Å². The summed E-state index contributed by atoms with van der Waals surface area (Å²) in [6.07, 6.45) is 2.18. The summed E-state index contributed by atoms with van der Waals surface area (Å²) in [5.41, 5.74) is 4.22. The van der Waals surface area contributed by atoms with Crippen LogP contribution in [0.25, 0.3) is 10.9 Å². The number of hydrogen-bond acceptors (Lipinski definition) is 3. The van der Waals surface area contributed by atoms with Gasteiger partial charge in [-0.25, -0.2) is 0 Å². The highest BCUT2D eigenvalue weighted by molar-refractivity contribution is 6.01. The van der Waals surface area contributed by atoms with E-state index < -0.39 is 0 Å². The lowest BCUT2D eigenvalue weighted by molar-refractivity contribution is 0.0735. The zero-order valence-corrected chi connectivity index (χ0v) is 18.2. The molecule has 5 heteroatoms. The molecule has 0 spiro atoms. The van der Waals surface area contributed by atoms with Gasteiger partial charge in [-0.2, -0.15) is 0 Å². The number of benzene rings is 2. The van der Waals surface area contributed by atoms with Crippen LogP contribution in [0.4, 0.5) is 5.69 Å². The van der Waals surface area contributed by atoms with Gasteiger partial charge >= 0.3 is 0 Å². The number of aromatic nitrogens is 1. The molecule has 5 nitrogen and oxygen atoms in total. The second kappa shape index (κ2) is 8.82. The van der Waals surface area contributed by atoms with Gasteiger partial charge in [-0.3, -0.25) is 4.79 Å². The fourth-order valence-corrected chi connectivity index (χ4v) is 4.49. The zero-order chi connectivity index (χ0) is 21.1. The number of para-hydroxylation sites is 3. The van der Waals surface area contributed by atoms with Gasteiger partial charge in [-0.1, -0.05) is 43.7 Å². The van der Waals surface area contributed by atoms with E-state index in [-0.39, 0.29) is 5.91 Å². The molecule has 30 heavy (non-hydrogen) atoms. The molecule has 0 N–H and O–H groups in total. The van der Waals surface area contributed by atoms with Crippen LogP contribution in [0, 0.1) is 6.92 Å².